The second kappa shape index (κ2) is 6.04. The molecule has 0 bridgehead atoms. The van der Waals surface area contributed by atoms with Crippen LogP contribution in [0.25, 0.3) is 0 Å². The molecule has 0 aromatic carbocycles. The van der Waals surface area contributed by atoms with Gasteiger partial charge in [-0.05, 0) is 26.7 Å². The Morgan fingerprint density at radius 3 is 2.72 bits per heavy atom. The van der Waals surface area contributed by atoms with E-state index in [1.165, 1.54) is 0 Å². The maximum absolute atomic E-state index is 11.7. The molecule has 1 heterocycles. The molecule has 3 N–H and O–H groups in total. The first-order valence-electron chi connectivity index (χ1n) is 6.25. The van der Waals surface area contributed by atoms with Crippen molar-refractivity contribution < 1.29 is 19.4 Å². The van der Waals surface area contributed by atoms with Crippen LogP contribution in [0.1, 0.15) is 33.6 Å². The Morgan fingerprint density at radius 2 is 2.22 bits per heavy atom. The highest BCUT2D eigenvalue weighted by molar-refractivity contribution is 5.75. The number of hydrogen-bond acceptors (Lipinski definition) is 3. The molecule has 3 atom stereocenters. The van der Waals surface area contributed by atoms with Crippen LogP contribution in [0.5, 0.6) is 0 Å². The number of nitrogens with one attached hydrogen (secondary N) is 2. The van der Waals surface area contributed by atoms with Gasteiger partial charge in [0.1, 0.15) is 0 Å². The van der Waals surface area contributed by atoms with Crippen LogP contribution in [0.2, 0.25) is 0 Å². The number of urea groups is 1. The minimum absolute atomic E-state index is 0.0128. The number of carbonyl (C=O) groups excluding carboxylic acids is 1. The maximum atomic E-state index is 11.7. The SMILES string of the molecule is CC(CCNC(=O)NC1(C)CCOC1C)C(=O)O. The van der Waals surface area contributed by atoms with Crippen molar-refractivity contribution in [1.29, 1.82) is 0 Å². The van der Waals surface area contributed by atoms with Crippen LogP contribution in [0.15, 0.2) is 0 Å². The van der Waals surface area contributed by atoms with Crippen molar-refractivity contribution in [2.45, 2.75) is 45.3 Å². The third-order valence-electron chi connectivity index (χ3n) is 3.57. The van der Waals surface area contributed by atoms with Gasteiger partial charge in [0.25, 0.3) is 0 Å². The van der Waals surface area contributed by atoms with Gasteiger partial charge in [0, 0.05) is 13.2 Å². The zero-order valence-corrected chi connectivity index (χ0v) is 11.2. The smallest absolute Gasteiger partial charge is 0.315 e. The zero-order valence-electron chi connectivity index (χ0n) is 11.2. The number of hydrogen-bond donors (Lipinski definition) is 3. The zero-order chi connectivity index (χ0) is 13.8. The summed E-state index contributed by atoms with van der Waals surface area (Å²) in [7, 11) is 0. The number of amides is 2. The molecule has 6 nitrogen and oxygen atoms in total. The van der Waals surface area contributed by atoms with Crippen molar-refractivity contribution in [3.8, 4) is 0 Å². The molecular weight excluding hydrogens is 236 g/mol. The molecule has 0 aromatic heterocycles. The molecule has 0 radical (unpaired) electrons. The highest BCUT2D eigenvalue weighted by Gasteiger charge is 2.38. The van der Waals surface area contributed by atoms with E-state index < -0.39 is 11.9 Å². The molecule has 1 saturated heterocycles. The number of aliphatic carboxylic acids is 1. The molecule has 6 heteroatoms. The summed E-state index contributed by atoms with van der Waals surface area (Å²) in [5, 5.41) is 14.3. The summed E-state index contributed by atoms with van der Waals surface area (Å²) in [5.41, 5.74) is -0.345. The number of carboxylic acids is 1. The average molecular weight is 258 g/mol. The number of carboxylic acid groups (broad SMARTS) is 1. The molecule has 18 heavy (non-hydrogen) atoms. The summed E-state index contributed by atoms with van der Waals surface area (Å²) < 4.78 is 5.42. The Morgan fingerprint density at radius 1 is 1.56 bits per heavy atom. The van der Waals surface area contributed by atoms with Gasteiger partial charge in [0.05, 0.1) is 17.6 Å². The number of rotatable bonds is 5. The fraction of sp³-hybridized carbons (Fsp3) is 0.833. The van der Waals surface area contributed by atoms with Crippen LogP contribution in [-0.4, -0.2) is 41.9 Å². The Kier molecular flexibility index (Phi) is 4.95. The molecule has 0 aromatic rings. The molecule has 1 rings (SSSR count). The van der Waals surface area contributed by atoms with Crippen LogP contribution >= 0.6 is 0 Å². The predicted octanol–water partition coefficient (Wildman–Crippen LogP) is 0.964. The van der Waals surface area contributed by atoms with Crippen LogP contribution in [-0.2, 0) is 9.53 Å². The first-order valence-corrected chi connectivity index (χ1v) is 6.25. The second-order valence-electron chi connectivity index (χ2n) is 5.09. The Balaban J connectivity index is 2.28. The third kappa shape index (κ3) is 3.87. The lowest BCUT2D eigenvalue weighted by atomic mass is 9.95. The average Bonchev–Trinajstić information content (AvgIpc) is 2.58. The van der Waals surface area contributed by atoms with Crippen molar-refractivity contribution in [1.82, 2.24) is 10.6 Å². The number of ether oxygens (including phenoxy) is 1. The maximum Gasteiger partial charge on any atom is 0.315 e. The van der Waals surface area contributed by atoms with Gasteiger partial charge in [-0.3, -0.25) is 4.79 Å². The molecule has 3 unspecified atom stereocenters. The van der Waals surface area contributed by atoms with Crippen molar-refractivity contribution in [3.63, 3.8) is 0 Å². The summed E-state index contributed by atoms with van der Waals surface area (Å²) in [6.07, 6.45) is 1.19. The standard InChI is InChI=1S/C12H22N2O4/c1-8(10(15)16)4-6-13-11(17)14-12(3)5-7-18-9(12)2/h8-9H,4-7H2,1-3H3,(H,15,16)(H2,13,14,17). The fourth-order valence-corrected chi connectivity index (χ4v) is 1.83. The lowest BCUT2D eigenvalue weighted by molar-refractivity contribution is -0.141. The monoisotopic (exact) mass is 258 g/mol. The van der Waals surface area contributed by atoms with E-state index in [0.717, 1.165) is 6.42 Å². The quantitative estimate of drug-likeness (QED) is 0.685. The first-order chi connectivity index (χ1) is 8.35. The molecule has 1 aliphatic rings. The van der Waals surface area contributed by atoms with Gasteiger partial charge in [-0.2, -0.15) is 0 Å². The second-order valence-corrected chi connectivity index (χ2v) is 5.09. The lowest BCUT2D eigenvalue weighted by Gasteiger charge is -2.28. The Bertz CT molecular complexity index is 321. The molecule has 104 valence electrons. The topological polar surface area (TPSA) is 87.7 Å². The summed E-state index contributed by atoms with van der Waals surface area (Å²) >= 11 is 0. The van der Waals surface area contributed by atoms with E-state index in [1.807, 2.05) is 13.8 Å². The summed E-state index contributed by atoms with van der Waals surface area (Å²) in [6.45, 7) is 6.50. The van der Waals surface area contributed by atoms with Gasteiger partial charge < -0.3 is 20.5 Å². The highest BCUT2D eigenvalue weighted by atomic mass is 16.5. The molecule has 1 aliphatic heterocycles. The first kappa shape index (κ1) is 14.8. The minimum atomic E-state index is -0.845. The van der Waals surface area contributed by atoms with E-state index in [9.17, 15) is 9.59 Å². The fourth-order valence-electron chi connectivity index (χ4n) is 1.83. The van der Waals surface area contributed by atoms with Gasteiger partial charge in [-0.15, -0.1) is 0 Å². The van der Waals surface area contributed by atoms with Crippen molar-refractivity contribution >= 4 is 12.0 Å². The van der Waals surface area contributed by atoms with Crippen LogP contribution in [0.3, 0.4) is 0 Å². The van der Waals surface area contributed by atoms with Crippen molar-refractivity contribution in [2.24, 2.45) is 5.92 Å². The lowest BCUT2D eigenvalue weighted by Crippen LogP contribution is -2.54. The molecule has 2 amide bonds. The summed E-state index contributed by atoms with van der Waals surface area (Å²) in [5.74, 6) is -1.29. The van der Waals surface area contributed by atoms with Gasteiger partial charge in [-0.25, -0.2) is 4.79 Å². The van der Waals surface area contributed by atoms with Crippen LogP contribution in [0, 0.1) is 5.92 Å². The third-order valence-corrected chi connectivity index (χ3v) is 3.57. The van der Waals surface area contributed by atoms with E-state index >= 15 is 0 Å². The van der Waals surface area contributed by atoms with E-state index in [2.05, 4.69) is 10.6 Å². The van der Waals surface area contributed by atoms with E-state index in [-0.39, 0.29) is 17.7 Å². The Labute approximate surface area is 107 Å². The van der Waals surface area contributed by atoms with Crippen LogP contribution in [0.4, 0.5) is 4.79 Å². The molecule has 0 spiro atoms. The van der Waals surface area contributed by atoms with Crippen LogP contribution < -0.4 is 10.6 Å². The normalized spacial score (nSPS) is 28.7. The molecule has 0 saturated carbocycles. The highest BCUT2D eigenvalue weighted by Crippen LogP contribution is 2.24. The summed E-state index contributed by atoms with van der Waals surface area (Å²) in [6, 6.07) is -0.271. The largest absolute Gasteiger partial charge is 0.481 e. The molecular formula is C12H22N2O4. The van der Waals surface area contributed by atoms with Gasteiger partial charge in [0.15, 0.2) is 0 Å². The van der Waals surface area contributed by atoms with E-state index in [4.69, 9.17) is 9.84 Å². The molecule has 1 fully saturated rings. The van der Waals surface area contributed by atoms with Gasteiger partial charge in [-0.1, -0.05) is 6.92 Å². The number of carbonyl (C=O) groups is 2. The van der Waals surface area contributed by atoms with Crippen molar-refractivity contribution in [3.05, 3.63) is 0 Å². The van der Waals surface area contributed by atoms with E-state index in [0.29, 0.717) is 19.6 Å². The minimum Gasteiger partial charge on any atom is -0.481 e. The summed E-state index contributed by atoms with van der Waals surface area (Å²) in [4.78, 5) is 22.3. The Hall–Kier alpha value is -1.30. The van der Waals surface area contributed by atoms with Gasteiger partial charge >= 0.3 is 12.0 Å². The van der Waals surface area contributed by atoms with E-state index in [1.54, 1.807) is 6.92 Å². The van der Waals surface area contributed by atoms with Gasteiger partial charge in [0.2, 0.25) is 0 Å². The van der Waals surface area contributed by atoms with Crippen molar-refractivity contribution in [2.75, 3.05) is 13.2 Å². The molecule has 0 aliphatic carbocycles. The predicted molar refractivity (Wildman–Crippen MR) is 66.4 cm³/mol.